The third-order valence-corrected chi connectivity index (χ3v) is 1.85. The van der Waals surface area contributed by atoms with E-state index in [9.17, 15) is 25.0 Å². The summed E-state index contributed by atoms with van der Waals surface area (Å²) in [5, 5.41) is 21.1. The van der Waals surface area contributed by atoms with Crippen molar-refractivity contribution in [2.45, 2.75) is 0 Å². The zero-order valence-electron chi connectivity index (χ0n) is 8.08. The van der Waals surface area contributed by atoms with Crippen LogP contribution in [-0.4, -0.2) is 23.2 Å². The van der Waals surface area contributed by atoms with E-state index in [2.05, 4.69) is 4.74 Å². The first kappa shape index (κ1) is 11.6. The molecule has 0 fully saturated rings. The van der Waals surface area contributed by atoms with Crippen LogP contribution in [0.2, 0.25) is 0 Å². The maximum atomic E-state index is 10.6. The van der Waals surface area contributed by atoms with Crippen LogP contribution < -0.4 is 4.74 Å². The SMILES string of the molecule is COc1cc(C=O)c([N+](=O)[O-])cc1[N+](=O)[O-]. The van der Waals surface area contributed by atoms with Crippen LogP contribution in [0.4, 0.5) is 11.4 Å². The number of nitro benzene ring substituents is 2. The van der Waals surface area contributed by atoms with E-state index >= 15 is 0 Å². The molecule has 0 atom stereocenters. The topological polar surface area (TPSA) is 113 Å². The zero-order chi connectivity index (χ0) is 12.3. The molecule has 0 saturated heterocycles. The van der Waals surface area contributed by atoms with Gasteiger partial charge in [-0.05, 0) is 0 Å². The number of hydrogen-bond acceptors (Lipinski definition) is 6. The molecule has 0 spiro atoms. The predicted octanol–water partition coefficient (Wildman–Crippen LogP) is 1.32. The van der Waals surface area contributed by atoms with Crippen molar-refractivity contribution in [1.82, 2.24) is 0 Å². The molecule has 0 amide bonds. The number of carbonyl (C=O) groups excluding carboxylic acids is 1. The second-order valence-electron chi connectivity index (χ2n) is 2.71. The molecule has 1 rings (SSSR count). The molecule has 0 bridgehead atoms. The van der Waals surface area contributed by atoms with E-state index in [1.165, 1.54) is 7.11 Å². The lowest BCUT2D eigenvalue weighted by Gasteiger charge is -2.02. The van der Waals surface area contributed by atoms with Crippen LogP contribution in [0.25, 0.3) is 0 Å². The van der Waals surface area contributed by atoms with Crippen LogP contribution >= 0.6 is 0 Å². The van der Waals surface area contributed by atoms with E-state index < -0.39 is 21.2 Å². The lowest BCUT2D eigenvalue weighted by molar-refractivity contribution is -0.394. The van der Waals surface area contributed by atoms with Crippen molar-refractivity contribution in [1.29, 1.82) is 0 Å². The molecule has 0 aliphatic carbocycles. The third kappa shape index (κ3) is 1.95. The normalized spacial score (nSPS) is 9.56. The van der Waals surface area contributed by atoms with E-state index in [-0.39, 0.29) is 17.6 Å². The number of nitro groups is 2. The first-order valence-corrected chi connectivity index (χ1v) is 3.97. The Morgan fingerprint density at radius 1 is 1.19 bits per heavy atom. The van der Waals surface area contributed by atoms with E-state index in [1.807, 2.05) is 0 Å². The minimum Gasteiger partial charge on any atom is -0.490 e. The average molecular weight is 226 g/mol. The molecule has 0 unspecified atom stereocenters. The van der Waals surface area contributed by atoms with Crippen molar-refractivity contribution in [3.8, 4) is 5.75 Å². The summed E-state index contributed by atoms with van der Waals surface area (Å²) in [5.74, 6) is -0.197. The smallest absolute Gasteiger partial charge is 0.317 e. The minimum atomic E-state index is -0.865. The zero-order valence-corrected chi connectivity index (χ0v) is 8.08. The maximum Gasteiger partial charge on any atom is 0.317 e. The van der Waals surface area contributed by atoms with Gasteiger partial charge in [-0.2, -0.15) is 0 Å². The molecule has 1 aromatic rings. The Morgan fingerprint density at radius 2 is 1.75 bits per heavy atom. The Kier molecular flexibility index (Phi) is 3.14. The Bertz CT molecular complexity index is 470. The molecule has 8 heteroatoms. The second kappa shape index (κ2) is 4.34. The van der Waals surface area contributed by atoms with Gasteiger partial charge in [0.25, 0.3) is 5.69 Å². The molecule has 0 radical (unpaired) electrons. The first-order chi connectivity index (χ1) is 7.51. The van der Waals surface area contributed by atoms with E-state index in [0.29, 0.717) is 6.07 Å². The molecular formula is C8H6N2O6. The average Bonchev–Trinajstić information content (AvgIpc) is 2.26. The van der Waals surface area contributed by atoms with Crippen LogP contribution in [0.1, 0.15) is 10.4 Å². The number of nitrogens with zero attached hydrogens (tertiary/aromatic N) is 2. The monoisotopic (exact) mass is 226 g/mol. The number of benzene rings is 1. The Labute approximate surface area is 88.7 Å². The van der Waals surface area contributed by atoms with Gasteiger partial charge in [0.1, 0.15) is 0 Å². The van der Waals surface area contributed by atoms with Crippen molar-refractivity contribution >= 4 is 17.7 Å². The van der Waals surface area contributed by atoms with Crippen molar-refractivity contribution in [3.63, 3.8) is 0 Å². The van der Waals surface area contributed by atoms with Gasteiger partial charge in [-0.15, -0.1) is 0 Å². The Balaban J connectivity index is 3.52. The number of ether oxygens (including phenoxy) is 1. The maximum absolute atomic E-state index is 10.6. The predicted molar refractivity (Wildman–Crippen MR) is 51.7 cm³/mol. The molecule has 8 nitrogen and oxygen atoms in total. The van der Waals surface area contributed by atoms with Crippen LogP contribution in [-0.2, 0) is 0 Å². The minimum absolute atomic E-state index is 0.197. The quantitative estimate of drug-likeness (QED) is 0.434. The summed E-state index contributed by atoms with van der Waals surface area (Å²) < 4.78 is 4.66. The largest absolute Gasteiger partial charge is 0.490 e. The summed E-state index contributed by atoms with van der Waals surface area (Å²) in [6.07, 6.45) is 0.240. The summed E-state index contributed by atoms with van der Waals surface area (Å²) in [4.78, 5) is 30.0. The first-order valence-electron chi connectivity index (χ1n) is 3.97. The van der Waals surface area contributed by atoms with Crippen LogP contribution in [0.15, 0.2) is 12.1 Å². The molecule has 0 aromatic heterocycles. The number of aldehydes is 1. The molecule has 16 heavy (non-hydrogen) atoms. The fourth-order valence-electron chi connectivity index (χ4n) is 1.13. The number of methoxy groups -OCH3 is 1. The van der Waals surface area contributed by atoms with E-state index in [4.69, 9.17) is 0 Å². The second-order valence-corrected chi connectivity index (χ2v) is 2.71. The highest BCUT2D eigenvalue weighted by molar-refractivity contribution is 5.84. The van der Waals surface area contributed by atoms with Gasteiger partial charge in [-0.25, -0.2) is 0 Å². The van der Waals surface area contributed by atoms with Crippen LogP contribution in [0.3, 0.4) is 0 Å². The van der Waals surface area contributed by atoms with Gasteiger partial charge >= 0.3 is 5.69 Å². The summed E-state index contributed by atoms with van der Waals surface area (Å²) >= 11 is 0. The van der Waals surface area contributed by atoms with Crippen molar-refractivity contribution < 1.29 is 19.4 Å². The lowest BCUT2D eigenvalue weighted by Crippen LogP contribution is -2.00. The van der Waals surface area contributed by atoms with E-state index in [1.54, 1.807) is 0 Å². The van der Waals surface area contributed by atoms with Crippen LogP contribution in [0.5, 0.6) is 5.75 Å². The summed E-state index contributed by atoms with van der Waals surface area (Å²) in [7, 11) is 1.17. The van der Waals surface area contributed by atoms with Gasteiger partial charge in [0.05, 0.1) is 28.6 Å². The molecule has 0 saturated carbocycles. The standard InChI is InChI=1S/C8H6N2O6/c1-16-8-2-5(4-11)6(9(12)13)3-7(8)10(14)15/h2-4H,1H3. The summed E-state index contributed by atoms with van der Waals surface area (Å²) in [5.41, 5.74) is -1.45. The van der Waals surface area contributed by atoms with Gasteiger partial charge in [0, 0.05) is 6.07 Å². The lowest BCUT2D eigenvalue weighted by atomic mass is 10.1. The fourth-order valence-corrected chi connectivity index (χ4v) is 1.13. The highest BCUT2D eigenvalue weighted by Gasteiger charge is 2.24. The van der Waals surface area contributed by atoms with Gasteiger partial charge < -0.3 is 4.74 Å². The molecule has 1 aromatic carbocycles. The van der Waals surface area contributed by atoms with Gasteiger partial charge in [-0.3, -0.25) is 25.0 Å². The molecule has 0 aliphatic heterocycles. The molecule has 0 aliphatic rings. The third-order valence-electron chi connectivity index (χ3n) is 1.85. The van der Waals surface area contributed by atoms with Crippen LogP contribution in [0, 0.1) is 20.2 Å². The van der Waals surface area contributed by atoms with E-state index in [0.717, 1.165) is 6.07 Å². The fraction of sp³-hybridized carbons (Fsp3) is 0.125. The highest BCUT2D eigenvalue weighted by atomic mass is 16.6. The Hall–Kier alpha value is -2.51. The summed E-state index contributed by atoms with van der Waals surface area (Å²) in [6, 6.07) is 1.66. The van der Waals surface area contributed by atoms with Crippen molar-refractivity contribution in [2.75, 3.05) is 7.11 Å². The number of rotatable bonds is 4. The molecule has 0 N–H and O–H groups in total. The van der Waals surface area contributed by atoms with Gasteiger partial charge in [0.2, 0.25) is 0 Å². The molecule has 84 valence electrons. The Morgan fingerprint density at radius 3 is 2.12 bits per heavy atom. The van der Waals surface area contributed by atoms with Crippen molar-refractivity contribution in [2.24, 2.45) is 0 Å². The number of carbonyl (C=O) groups is 1. The number of hydrogen-bond donors (Lipinski definition) is 0. The van der Waals surface area contributed by atoms with Gasteiger partial charge in [-0.1, -0.05) is 0 Å². The molecule has 0 heterocycles. The highest BCUT2D eigenvalue weighted by Crippen LogP contribution is 2.33. The molecular weight excluding hydrogens is 220 g/mol. The summed E-state index contributed by atoms with van der Waals surface area (Å²) in [6.45, 7) is 0. The van der Waals surface area contributed by atoms with Crippen molar-refractivity contribution in [3.05, 3.63) is 37.9 Å². The van der Waals surface area contributed by atoms with Gasteiger partial charge in [0.15, 0.2) is 12.0 Å².